The highest BCUT2D eigenvalue weighted by atomic mass is 16.2. The summed E-state index contributed by atoms with van der Waals surface area (Å²) in [5.74, 6) is 1.01. The molecule has 41 heavy (non-hydrogen) atoms. The van der Waals surface area contributed by atoms with Crippen molar-refractivity contribution in [3.05, 3.63) is 102 Å². The standard InChI is InChI=1S/C36H46N4O/c41-36(35(39-27-32-16-10-11-23-37-32)24-31-26-38-34-18-9-8-17-33(31)34)40-25-30-21-19-29(20-22-30)15-5-2-1-4-12-28-13-6-3-7-14-28/h8-11,16-23,26,28,35,38-39H,1-7,12-15,24-25,27H2,(H,40,41)/t35-/m0/s1. The lowest BCUT2D eigenvalue weighted by molar-refractivity contribution is -0.123. The molecule has 0 radical (unpaired) electrons. The molecule has 0 saturated heterocycles. The second-order valence-corrected chi connectivity index (χ2v) is 11.8. The quantitative estimate of drug-likeness (QED) is 0.133. The Labute approximate surface area is 245 Å². The summed E-state index contributed by atoms with van der Waals surface area (Å²) in [5, 5.41) is 7.79. The highest BCUT2D eigenvalue weighted by Crippen LogP contribution is 2.28. The SMILES string of the molecule is O=C(NCc1ccc(CCCCCCC2CCCCC2)cc1)[C@H](Cc1c[nH]c2ccccc12)NCc1ccccn1. The van der Waals surface area contributed by atoms with Gasteiger partial charge < -0.3 is 10.3 Å². The molecule has 216 valence electrons. The van der Waals surface area contributed by atoms with Crippen molar-refractivity contribution in [3.63, 3.8) is 0 Å². The van der Waals surface area contributed by atoms with Gasteiger partial charge in [-0.1, -0.05) is 106 Å². The van der Waals surface area contributed by atoms with Gasteiger partial charge in [0.1, 0.15) is 0 Å². The maximum atomic E-state index is 13.4. The third-order valence-corrected chi connectivity index (χ3v) is 8.71. The van der Waals surface area contributed by atoms with Gasteiger partial charge in [0, 0.05) is 36.4 Å². The van der Waals surface area contributed by atoms with Gasteiger partial charge in [0.25, 0.3) is 0 Å². The summed E-state index contributed by atoms with van der Waals surface area (Å²) in [6, 6.07) is 22.5. The van der Waals surface area contributed by atoms with E-state index in [0.717, 1.165) is 40.1 Å². The number of fused-ring (bicyclic) bond motifs is 1. The second kappa shape index (κ2) is 15.5. The number of aromatic nitrogens is 2. The first-order chi connectivity index (χ1) is 20.2. The van der Waals surface area contributed by atoms with Crippen molar-refractivity contribution in [1.29, 1.82) is 0 Å². The number of aromatic amines is 1. The van der Waals surface area contributed by atoms with Crippen molar-refractivity contribution >= 4 is 16.8 Å². The third kappa shape index (κ3) is 9.02. The summed E-state index contributed by atoms with van der Waals surface area (Å²) in [5.41, 5.74) is 5.66. The molecule has 2 heterocycles. The summed E-state index contributed by atoms with van der Waals surface area (Å²) in [6.45, 7) is 1.06. The molecular weight excluding hydrogens is 504 g/mol. The van der Waals surface area contributed by atoms with E-state index in [9.17, 15) is 4.79 Å². The number of nitrogens with one attached hydrogen (secondary N) is 3. The fourth-order valence-electron chi connectivity index (χ4n) is 6.24. The average Bonchev–Trinajstić information content (AvgIpc) is 3.44. The van der Waals surface area contributed by atoms with Crippen molar-refractivity contribution in [2.75, 3.05) is 0 Å². The van der Waals surface area contributed by atoms with Crippen molar-refractivity contribution < 1.29 is 4.79 Å². The highest BCUT2D eigenvalue weighted by molar-refractivity contribution is 5.86. The number of pyridine rings is 1. The van der Waals surface area contributed by atoms with Crippen LogP contribution in [-0.2, 0) is 30.7 Å². The highest BCUT2D eigenvalue weighted by Gasteiger charge is 2.20. The van der Waals surface area contributed by atoms with Crippen LogP contribution in [0.1, 0.15) is 86.6 Å². The second-order valence-electron chi connectivity index (χ2n) is 11.8. The Kier molecular flexibility index (Phi) is 11.0. The number of nitrogens with zero attached hydrogens (tertiary/aromatic N) is 1. The molecular formula is C36H46N4O. The minimum Gasteiger partial charge on any atom is -0.361 e. The van der Waals surface area contributed by atoms with Crippen LogP contribution < -0.4 is 10.6 Å². The maximum absolute atomic E-state index is 13.4. The molecule has 1 amide bonds. The molecule has 0 bridgehead atoms. The largest absolute Gasteiger partial charge is 0.361 e. The molecule has 1 atom stereocenters. The van der Waals surface area contributed by atoms with Gasteiger partial charge >= 0.3 is 0 Å². The van der Waals surface area contributed by atoms with Crippen LogP contribution in [0.2, 0.25) is 0 Å². The van der Waals surface area contributed by atoms with E-state index in [-0.39, 0.29) is 11.9 Å². The van der Waals surface area contributed by atoms with Crippen LogP contribution >= 0.6 is 0 Å². The number of aryl methyl sites for hydroxylation is 1. The minimum absolute atomic E-state index is 0.00326. The van der Waals surface area contributed by atoms with Gasteiger partial charge in [0.15, 0.2) is 0 Å². The van der Waals surface area contributed by atoms with E-state index in [1.807, 2.05) is 36.5 Å². The first-order valence-electron chi connectivity index (χ1n) is 15.8. The van der Waals surface area contributed by atoms with Crippen LogP contribution in [0.4, 0.5) is 0 Å². The van der Waals surface area contributed by atoms with Gasteiger partial charge in [-0.25, -0.2) is 0 Å². The average molecular weight is 551 g/mol. The Bertz CT molecular complexity index is 1320. The van der Waals surface area contributed by atoms with E-state index in [1.54, 1.807) is 6.20 Å². The zero-order chi connectivity index (χ0) is 28.1. The Balaban J connectivity index is 1.08. The molecule has 1 aliphatic rings. The van der Waals surface area contributed by atoms with Crippen LogP contribution in [0.25, 0.3) is 10.9 Å². The topological polar surface area (TPSA) is 69.8 Å². The fraction of sp³-hybridized carbons (Fsp3) is 0.444. The number of carbonyl (C=O) groups is 1. The number of H-pyrrole nitrogens is 1. The van der Waals surface area contributed by atoms with Gasteiger partial charge in [0.2, 0.25) is 5.91 Å². The van der Waals surface area contributed by atoms with E-state index in [0.29, 0.717) is 19.5 Å². The number of unbranched alkanes of at least 4 members (excludes halogenated alkanes) is 3. The number of rotatable bonds is 15. The number of benzene rings is 2. The monoisotopic (exact) mass is 550 g/mol. The first kappa shape index (κ1) is 29.1. The maximum Gasteiger partial charge on any atom is 0.237 e. The summed E-state index contributed by atoms with van der Waals surface area (Å²) in [4.78, 5) is 21.1. The molecule has 4 aromatic rings. The van der Waals surface area contributed by atoms with Crippen molar-refractivity contribution in [2.24, 2.45) is 5.92 Å². The normalized spacial score (nSPS) is 14.7. The third-order valence-electron chi connectivity index (χ3n) is 8.71. The van der Waals surface area contributed by atoms with E-state index in [2.05, 4.69) is 57.0 Å². The van der Waals surface area contributed by atoms with Gasteiger partial charge in [0.05, 0.1) is 11.7 Å². The van der Waals surface area contributed by atoms with Crippen LogP contribution in [-0.4, -0.2) is 21.9 Å². The van der Waals surface area contributed by atoms with E-state index in [1.165, 1.54) is 69.8 Å². The summed E-state index contributed by atoms with van der Waals surface area (Å²) >= 11 is 0. The molecule has 0 unspecified atom stereocenters. The Morgan fingerprint density at radius 1 is 0.854 bits per heavy atom. The number of hydrogen-bond donors (Lipinski definition) is 3. The summed E-state index contributed by atoms with van der Waals surface area (Å²) < 4.78 is 0. The molecule has 1 aliphatic carbocycles. The first-order valence-corrected chi connectivity index (χ1v) is 15.8. The van der Waals surface area contributed by atoms with Crippen LogP contribution in [0.5, 0.6) is 0 Å². The molecule has 5 rings (SSSR count). The molecule has 1 saturated carbocycles. The Morgan fingerprint density at radius 3 is 2.46 bits per heavy atom. The smallest absolute Gasteiger partial charge is 0.237 e. The van der Waals surface area contributed by atoms with E-state index < -0.39 is 0 Å². The number of para-hydroxylation sites is 1. The zero-order valence-electron chi connectivity index (χ0n) is 24.4. The van der Waals surface area contributed by atoms with Crippen LogP contribution in [0, 0.1) is 5.92 Å². The van der Waals surface area contributed by atoms with Crippen LogP contribution in [0.15, 0.2) is 79.1 Å². The molecule has 0 spiro atoms. The van der Waals surface area contributed by atoms with E-state index in [4.69, 9.17) is 0 Å². The molecule has 5 nitrogen and oxygen atoms in total. The number of amides is 1. The van der Waals surface area contributed by atoms with Gasteiger partial charge in [-0.3, -0.25) is 15.1 Å². The molecule has 2 aromatic carbocycles. The Morgan fingerprint density at radius 2 is 1.63 bits per heavy atom. The lowest BCUT2D eigenvalue weighted by atomic mass is 9.85. The summed E-state index contributed by atoms with van der Waals surface area (Å²) in [7, 11) is 0. The van der Waals surface area contributed by atoms with Crippen molar-refractivity contribution in [3.8, 4) is 0 Å². The van der Waals surface area contributed by atoms with Gasteiger partial charge in [-0.15, -0.1) is 0 Å². The molecule has 3 N–H and O–H groups in total. The lowest BCUT2D eigenvalue weighted by Gasteiger charge is -2.21. The van der Waals surface area contributed by atoms with Crippen molar-refractivity contribution in [2.45, 2.75) is 96.2 Å². The Hall–Kier alpha value is -3.44. The van der Waals surface area contributed by atoms with Gasteiger partial charge in [-0.2, -0.15) is 0 Å². The number of hydrogen-bond acceptors (Lipinski definition) is 3. The predicted octanol–water partition coefficient (Wildman–Crippen LogP) is 7.65. The molecule has 2 aromatic heterocycles. The van der Waals surface area contributed by atoms with Gasteiger partial charge in [-0.05, 0) is 60.1 Å². The van der Waals surface area contributed by atoms with E-state index >= 15 is 0 Å². The number of carbonyl (C=O) groups excluding carboxylic acids is 1. The fourth-order valence-corrected chi connectivity index (χ4v) is 6.24. The van der Waals surface area contributed by atoms with Crippen LogP contribution in [0.3, 0.4) is 0 Å². The summed E-state index contributed by atoms with van der Waals surface area (Å²) in [6.07, 6.45) is 19.7. The lowest BCUT2D eigenvalue weighted by Crippen LogP contribution is -2.45. The minimum atomic E-state index is -0.367. The predicted molar refractivity (Wildman–Crippen MR) is 169 cm³/mol. The molecule has 1 fully saturated rings. The van der Waals surface area contributed by atoms with Crippen molar-refractivity contribution in [1.82, 2.24) is 20.6 Å². The molecule has 0 aliphatic heterocycles. The zero-order valence-corrected chi connectivity index (χ0v) is 24.4. The molecule has 5 heteroatoms.